The molecule has 4 rings (SSSR count). The number of benzene rings is 1. The minimum absolute atomic E-state index is 0.353. The van der Waals surface area contributed by atoms with Crippen molar-refractivity contribution in [3.63, 3.8) is 0 Å². The zero-order valence-corrected chi connectivity index (χ0v) is 18.5. The number of methoxy groups -OCH3 is 1. The first-order valence-corrected chi connectivity index (χ1v) is 10.5. The lowest BCUT2D eigenvalue weighted by Gasteiger charge is -2.17. The van der Waals surface area contributed by atoms with Crippen LogP contribution in [0, 0.1) is 0 Å². The summed E-state index contributed by atoms with van der Waals surface area (Å²) in [7, 11) is 1.67. The fourth-order valence-corrected chi connectivity index (χ4v) is 3.99. The molecule has 0 amide bonds. The highest BCUT2D eigenvalue weighted by molar-refractivity contribution is 6.35. The number of hydrogen-bond donors (Lipinski definition) is 2. The minimum Gasteiger partial charge on any atom is -0.486 e. The molecule has 31 heavy (non-hydrogen) atoms. The van der Waals surface area contributed by atoms with Crippen LogP contribution in [0.1, 0.15) is 18.6 Å². The van der Waals surface area contributed by atoms with Gasteiger partial charge in [-0.15, -0.1) is 0 Å². The maximum absolute atomic E-state index is 6.27. The predicted molar refractivity (Wildman–Crippen MR) is 123 cm³/mol. The lowest BCUT2D eigenvalue weighted by molar-refractivity contribution is 0.210. The van der Waals surface area contributed by atoms with E-state index < -0.39 is 0 Å². The van der Waals surface area contributed by atoms with Crippen LogP contribution in [0.25, 0.3) is 22.2 Å². The highest BCUT2D eigenvalue weighted by Crippen LogP contribution is 2.35. The number of ether oxygens (including phenoxy) is 2. The first kappa shape index (κ1) is 21.4. The van der Waals surface area contributed by atoms with E-state index in [-0.39, 0.29) is 6.10 Å². The van der Waals surface area contributed by atoms with E-state index in [4.69, 9.17) is 32.7 Å². The second kappa shape index (κ2) is 9.51. The van der Waals surface area contributed by atoms with E-state index in [1.54, 1.807) is 25.7 Å². The third-order valence-electron chi connectivity index (χ3n) is 4.79. The van der Waals surface area contributed by atoms with Gasteiger partial charge in [-0.1, -0.05) is 23.2 Å². The number of aromatic nitrogens is 4. The Morgan fingerprint density at radius 3 is 2.71 bits per heavy atom. The van der Waals surface area contributed by atoms with Crippen LogP contribution >= 0.6 is 23.2 Å². The van der Waals surface area contributed by atoms with Gasteiger partial charge in [-0.2, -0.15) is 5.10 Å². The topological polar surface area (TPSA) is 85.0 Å². The first-order chi connectivity index (χ1) is 15.1. The molecule has 0 aliphatic carbocycles. The molecular formula is C22H21Cl2N5O2. The molecule has 0 saturated carbocycles. The van der Waals surface area contributed by atoms with Crippen molar-refractivity contribution in [1.29, 1.82) is 0 Å². The number of aromatic amines is 1. The number of H-pyrrole nitrogens is 1. The average Bonchev–Trinajstić information content (AvgIpc) is 3.17. The lowest BCUT2D eigenvalue weighted by Crippen LogP contribution is -2.08. The lowest BCUT2D eigenvalue weighted by atomic mass is 10.1. The van der Waals surface area contributed by atoms with Crippen molar-refractivity contribution >= 4 is 39.9 Å². The van der Waals surface area contributed by atoms with Crippen LogP contribution in [-0.2, 0) is 4.74 Å². The van der Waals surface area contributed by atoms with E-state index in [9.17, 15) is 0 Å². The van der Waals surface area contributed by atoms with Gasteiger partial charge in [-0.05, 0) is 37.3 Å². The van der Waals surface area contributed by atoms with Crippen LogP contribution in [0.2, 0.25) is 10.0 Å². The molecule has 0 saturated heterocycles. The summed E-state index contributed by atoms with van der Waals surface area (Å²) in [6.07, 6.45) is 4.51. The predicted octanol–water partition coefficient (Wildman–Crippen LogP) is 5.53. The van der Waals surface area contributed by atoms with Crippen molar-refractivity contribution in [1.82, 2.24) is 20.2 Å². The summed E-state index contributed by atoms with van der Waals surface area (Å²) in [5, 5.41) is 12.7. The molecule has 1 atom stereocenters. The van der Waals surface area contributed by atoms with Gasteiger partial charge in [0.15, 0.2) is 0 Å². The SMILES string of the molecule is COCCNc1cc(-c2n[nH]c3ccc(O[C@H](C)c4c(Cl)cncc4Cl)cc23)ccn1. The highest BCUT2D eigenvalue weighted by atomic mass is 35.5. The molecular weight excluding hydrogens is 437 g/mol. The normalized spacial score (nSPS) is 12.1. The van der Waals surface area contributed by atoms with Crippen molar-refractivity contribution in [2.75, 3.05) is 25.6 Å². The molecule has 0 aliphatic heterocycles. The Bertz CT molecular complexity index is 1180. The molecule has 0 aliphatic rings. The third-order valence-corrected chi connectivity index (χ3v) is 5.39. The van der Waals surface area contributed by atoms with E-state index in [2.05, 4.69) is 25.5 Å². The van der Waals surface area contributed by atoms with Crippen molar-refractivity contribution in [2.24, 2.45) is 0 Å². The Hall–Kier alpha value is -2.87. The third kappa shape index (κ3) is 4.74. The zero-order chi connectivity index (χ0) is 21.8. The Morgan fingerprint density at radius 1 is 1.13 bits per heavy atom. The van der Waals surface area contributed by atoms with E-state index in [1.165, 1.54) is 0 Å². The van der Waals surface area contributed by atoms with Crippen molar-refractivity contribution in [2.45, 2.75) is 13.0 Å². The van der Waals surface area contributed by atoms with Gasteiger partial charge in [-0.3, -0.25) is 10.1 Å². The number of anilines is 1. The molecule has 4 aromatic rings. The molecule has 0 fully saturated rings. The molecule has 9 heteroatoms. The molecule has 0 unspecified atom stereocenters. The Balaban J connectivity index is 1.62. The standard InChI is InChI=1S/C22H21Cl2N5O2/c1-13(21-17(23)11-25-12-18(21)24)31-15-3-4-19-16(10-15)22(29-28-19)14-5-6-26-20(9-14)27-7-8-30-2/h3-6,9-13H,7-8H2,1-2H3,(H,26,27)(H,28,29)/t13-/m1/s1. The Morgan fingerprint density at radius 2 is 1.94 bits per heavy atom. The number of rotatable bonds is 8. The van der Waals surface area contributed by atoms with Crippen LogP contribution < -0.4 is 10.1 Å². The summed E-state index contributed by atoms with van der Waals surface area (Å²) in [5.74, 6) is 1.44. The second-order valence-electron chi connectivity index (χ2n) is 6.91. The Kier molecular flexibility index (Phi) is 6.56. The molecule has 160 valence electrons. The average molecular weight is 458 g/mol. The quantitative estimate of drug-likeness (QED) is 0.338. The molecule has 3 heterocycles. The van der Waals surface area contributed by atoms with Gasteiger partial charge < -0.3 is 14.8 Å². The van der Waals surface area contributed by atoms with Crippen LogP contribution in [0.3, 0.4) is 0 Å². The van der Waals surface area contributed by atoms with E-state index in [0.717, 1.165) is 28.0 Å². The monoisotopic (exact) mass is 457 g/mol. The molecule has 0 radical (unpaired) electrons. The van der Waals surface area contributed by atoms with E-state index >= 15 is 0 Å². The van der Waals surface area contributed by atoms with Gasteiger partial charge in [-0.25, -0.2) is 4.98 Å². The summed E-state index contributed by atoms with van der Waals surface area (Å²) >= 11 is 12.5. The number of fused-ring (bicyclic) bond motifs is 1. The number of nitrogens with one attached hydrogen (secondary N) is 2. The maximum Gasteiger partial charge on any atom is 0.126 e. The molecule has 3 aromatic heterocycles. The number of nitrogens with zero attached hydrogens (tertiary/aromatic N) is 3. The first-order valence-electron chi connectivity index (χ1n) is 9.69. The van der Waals surface area contributed by atoms with Gasteiger partial charge in [0.25, 0.3) is 0 Å². The van der Waals surface area contributed by atoms with Crippen molar-refractivity contribution in [3.8, 4) is 17.0 Å². The maximum atomic E-state index is 6.27. The summed E-state index contributed by atoms with van der Waals surface area (Å²) in [4.78, 5) is 8.34. The van der Waals surface area contributed by atoms with Crippen LogP contribution in [0.4, 0.5) is 5.82 Å². The van der Waals surface area contributed by atoms with Gasteiger partial charge in [0, 0.05) is 48.8 Å². The molecule has 0 spiro atoms. The summed E-state index contributed by atoms with van der Waals surface area (Å²) < 4.78 is 11.2. The van der Waals surface area contributed by atoms with Crippen LogP contribution in [0.5, 0.6) is 5.75 Å². The second-order valence-corrected chi connectivity index (χ2v) is 7.72. The summed E-state index contributed by atoms with van der Waals surface area (Å²) in [6, 6.07) is 9.64. The van der Waals surface area contributed by atoms with Crippen molar-refractivity contribution < 1.29 is 9.47 Å². The van der Waals surface area contributed by atoms with E-state index in [1.807, 2.05) is 37.3 Å². The van der Waals surface area contributed by atoms with Gasteiger partial charge in [0.2, 0.25) is 0 Å². The van der Waals surface area contributed by atoms with Gasteiger partial charge in [0.05, 0.1) is 22.2 Å². The molecule has 7 nitrogen and oxygen atoms in total. The highest BCUT2D eigenvalue weighted by Gasteiger charge is 2.17. The summed E-state index contributed by atoms with van der Waals surface area (Å²) in [6.45, 7) is 3.17. The van der Waals surface area contributed by atoms with Crippen molar-refractivity contribution in [3.05, 3.63) is 64.5 Å². The fraction of sp³-hybridized carbons (Fsp3) is 0.227. The number of halogens is 2. The van der Waals surface area contributed by atoms with Crippen LogP contribution in [0.15, 0.2) is 48.9 Å². The zero-order valence-electron chi connectivity index (χ0n) is 17.0. The van der Waals surface area contributed by atoms with E-state index in [0.29, 0.717) is 34.5 Å². The Labute approximate surface area is 189 Å². The molecule has 1 aromatic carbocycles. The van der Waals surface area contributed by atoms with Gasteiger partial charge >= 0.3 is 0 Å². The van der Waals surface area contributed by atoms with Gasteiger partial charge in [0.1, 0.15) is 23.4 Å². The number of pyridine rings is 2. The molecule has 0 bridgehead atoms. The van der Waals surface area contributed by atoms with Crippen LogP contribution in [-0.4, -0.2) is 40.4 Å². The summed E-state index contributed by atoms with van der Waals surface area (Å²) in [5.41, 5.74) is 3.35. The largest absolute Gasteiger partial charge is 0.486 e. The fourth-order valence-electron chi connectivity index (χ4n) is 3.31. The minimum atomic E-state index is -0.353. The molecule has 2 N–H and O–H groups in total. The number of hydrogen-bond acceptors (Lipinski definition) is 6. The smallest absolute Gasteiger partial charge is 0.126 e.